The Balaban J connectivity index is 1.85. The highest BCUT2D eigenvalue weighted by Crippen LogP contribution is 2.20. The molecule has 0 bridgehead atoms. The lowest BCUT2D eigenvalue weighted by molar-refractivity contribution is 0.701. The number of rotatable bonds is 5. The van der Waals surface area contributed by atoms with Gasteiger partial charge in [-0.2, -0.15) is 0 Å². The monoisotopic (exact) mass is 274 g/mol. The van der Waals surface area contributed by atoms with Crippen LogP contribution in [0.15, 0.2) is 30.3 Å². The zero-order valence-electron chi connectivity index (χ0n) is 12.2. The highest BCUT2D eigenvalue weighted by molar-refractivity contribution is 7.12. The zero-order valence-corrected chi connectivity index (χ0v) is 13.0. The quantitative estimate of drug-likeness (QED) is 0.894. The van der Waals surface area contributed by atoms with Gasteiger partial charge in [0.2, 0.25) is 0 Å². The highest BCUT2D eigenvalue weighted by Gasteiger charge is 2.01. The third-order valence-electron chi connectivity index (χ3n) is 3.30. The predicted octanol–water partition coefficient (Wildman–Crippen LogP) is 3.72. The molecule has 0 saturated carbocycles. The predicted molar refractivity (Wildman–Crippen MR) is 85.1 cm³/mol. The molecule has 0 aliphatic carbocycles. The Bertz CT molecular complexity index is 507. The second kappa shape index (κ2) is 6.22. The zero-order chi connectivity index (χ0) is 13.8. The van der Waals surface area contributed by atoms with Crippen molar-refractivity contribution in [2.75, 3.05) is 19.0 Å². The normalized spacial score (nSPS) is 10.7. The number of hydrogen-bond acceptors (Lipinski definition) is 3. The van der Waals surface area contributed by atoms with Crippen LogP contribution in [0, 0.1) is 13.8 Å². The van der Waals surface area contributed by atoms with Gasteiger partial charge in [-0.1, -0.05) is 12.1 Å². The molecule has 1 aromatic carbocycles. The summed E-state index contributed by atoms with van der Waals surface area (Å²) >= 11 is 1.89. The van der Waals surface area contributed by atoms with E-state index in [4.69, 9.17) is 0 Å². The summed E-state index contributed by atoms with van der Waals surface area (Å²) in [6, 6.07) is 11.0. The van der Waals surface area contributed by atoms with Gasteiger partial charge >= 0.3 is 0 Å². The van der Waals surface area contributed by atoms with Crippen molar-refractivity contribution in [3.05, 3.63) is 51.2 Å². The summed E-state index contributed by atoms with van der Waals surface area (Å²) in [5, 5.41) is 3.50. The molecule has 2 rings (SSSR count). The summed E-state index contributed by atoms with van der Waals surface area (Å²) in [4.78, 5) is 4.96. The van der Waals surface area contributed by atoms with Crippen LogP contribution in [-0.2, 0) is 13.1 Å². The Labute approximate surface area is 120 Å². The molecule has 0 aliphatic heterocycles. The van der Waals surface area contributed by atoms with Crippen molar-refractivity contribution in [3.8, 4) is 0 Å². The van der Waals surface area contributed by atoms with Crippen molar-refractivity contribution in [1.29, 1.82) is 0 Å². The van der Waals surface area contributed by atoms with Gasteiger partial charge in [0.1, 0.15) is 0 Å². The van der Waals surface area contributed by atoms with E-state index < -0.39 is 0 Å². The summed E-state index contributed by atoms with van der Waals surface area (Å²) in [7, 11) is 4.13. The molecule has 2 aromatic rings. The molecule has 0 aliphatic rings. The van der Waals surface area contributed by atoms with E-state index in [1.807, 2.05) is 11.3 Å². The van der Waals surface area contributed by atoms with Gasteiger partial charge in [-0.25, -0.2) is 0 Å². The molecule has 0 unspecified atom stereocenters. The van der Waals surface area contributed by atoms with Gasteiger partial charge in [0, 0.05) is 42.6 Å². The summed E-state index contributed by atoms with van der Waals surface area (Å²) < 4.78 is 0. The van der Waals surface area contributed by atoms with E-state index in [1.54, 1.807) is 0 Å². The first-order chi connectivity index (χ1) is 9.06. The fourth-order valence-electron chi connectivity index (χ4n) is 1.98. The minimum absolute atomic E-state index is 0.920. The van der Waals surface area contributed by atoms with Gasteiger partial charge < -0.3 is 10.2 Å². The van der Waals surface area contributed by atoms with Gasteiger partial charge in [0.05, 0.1) is 0 Å². The number of benzene rings is 1. The SMILES string of the molecule is Cc1cc(CNCc2ccc(N(C)C)cc2)sc1C. The molecular formula is C16H22N2S. The second-order valence-corrected chi connectivity index (χ2v) is 6.46. The van der Waals surface area contributed by atoms with Crippen molar-refractivity contribution < 1.29 is 0 Å². The second-order valence-electron chi connectivity index (χ2n) is 5.12. The Morgan fingerprint density at radius 1 is 1.05 bits per heavy atom. The Hall–Kier alpha value is -1.32. The van der Waals surface area contributed by atoms with Crippen LogP contribution >= 0.6 is 11.3 Å². The third-order valence-corrected chi connectivity index (χ3v) is 4.45. The molecule has 0 amide bonds. The Morgan fingerprint density at radius 3 is 2.26 bits per heavy atom. The summed E-state index contributed by atoms with van der Waals surface area (Å²) in [5.74, 6) is 0. The molecule has 3 heteroatoms. The van der Waals surface area contributed by atoms with Gasteiger partial charge in [0.25, 0.3) is 0 Å². The van der Waals surface area contributed by atoms with Gasteiger partial charge in [0.15, 0.2) is 0 Å². The van der Waals surface area contributed by atoms with E-state index in [0.29, 0.717) is 0 Å². The average molecular weight is 274 g/mol. The number of anilines is 1. The first-order valence-corrected chi connectivity index (χ1v) is 7.41. The van der Waals surface area contributed by atoms with E-state index in [0.717, 1.165) is 13.1 Å². The third kappa shape index (κ3) is 3.82. The molecule has 0 saturated heterocycles. The topological polar surface area (TPSA) is 15.3 Å². The van der Waals surface area contributed by atoms with Gasteiger partial charge in [-0.15, -0.1) is 11.3 Å². The van der Waals surface area contributed by atoms with Crippen LogP contribution in [0.4, 0.5) is 5.69 Å². The van der Waals surface area contributed by atoms with E-state index in [2.05, 4.69) is 68.5 Å². The molecule has 102 valence electrons. The minimum atomic E-state index is 0.920. The number of aryl methyl sites for hydroxylation is 2. The molecular weight excluding hydrogens is 252 g/mol. The largest absolute Gasteiger partial charge is 0.378 e. The number of thiophene rings is 1. The molecule has 2 nitrogen and oxygen atoms in total. The number of hydrogen-bond donors (Lipinski definition) is 1. The molecule has 1 N–H and O–H groups in total. The molecule has 1 heterocycles. The maximum absolute atomic E-state index is 3.50. The molecule has 1 aromatic heterocycles. The fraction of sp³-hybridized carbons (Fsp3) is 0.375. The van der Waals surface area contributed by atoms with E-state index >= 15 is 0 Å². The maximum atomic E-state index is 3.50. The van der Waals surface area contributed by atoms with Crippen molar-refractivity contribution in [2.45, 2.75) is 26.9 Å². The van der Waals surface area contributed by atoms with E-state index in [1.165, 1.54) is 26.6 Å². The number of nitrogens with one attached hydrogen (secondary N) is 1. The lowest BCUT2D eigenvalue weighted by Gasteiger charge is -2.12. The summed E-state index contributed by atoms with van der Waals surface area (Å²) in [5.41, 5.74) is 3.97. The van der Waals surface area contributed by atoms with Crippen molar-refractivity contribution in [2.24, 2.45) is 0 Å². The van der Waals surface area contributed by atoms with Gasteiger partial charge in [-0.3, -0.25) is 0 Å². The first-order valence-electron chi connectivity index (χ1n) is 6.59. The smallest absolute Gasteiger partial charge is 0.0361 e. The van der Waals surface area contributed by atoms with Crippen molar-refractivity contribution >= 4 is 17.0 Å². The molecule has 0 spiro atoms. The van der Waals surface area contributed by atoms with Crippen LogP contribution in [0.5, 0.6) is 0 Å². The highest BCUT2D eigenvalue weighted by atomic mass is 32.1. The van der Waals surface area contributed by atoms with Crippen LogP contribution < -0.4 is 10.2 Å². The fourth-order valence-corrected chi connectivity index (χ4v) is 3.00. The van der Waals surface area contributed by atoms with Crippen LogP contribution in [0.3, 0.4) is 0 Å². The van der Waals surface area contributed by atoms with Crippen molar-refractivity contribution in [1.82, 2.24) is 5.32 Å². The minimum Gasteiger partial charge on any atom is -0.378 e. The molecule has 0 fully saturated rings. The molecule has 0 radical (unpaired) electrons. The van der Waals surface area contributed by atoms with Crippen LogP contribution in [0.2, 0.25) is 0 Å². The molecule has 0 atom stereocenters. The van der Waals surface area contributed by atoms with Crippen LogP contribution in [-0.4, -0.2) is 14.1 Å². The summed E-state index contributed by atoms with van der Waals surface area (Å²) in [6.45, 7) is 6.23. The summed E-state index contributed by atoms with van der Waals surface area (Å²) in [6.07, 6.45) is 0. The lowest BCUT2D eigenvalue weighted by atomic mass is 10.2. The van der Waals surface area contributed by atoms with Crippen LogP contribution in [0.1, 0.15) is 20.9 Å². The Kier molecular flexibility index (Phi) is 4.61. The Morgan fingerprint density at radius 2 is 1.74 bits per heavy atom. The number of nitrogens with zero attached hydrogens (tertiary/aromatic N) is 1. The van der Waals surface area contributed by atoms with E-state index in [-0.39, 0.29) is 0 Å². The maximum Gasteiger partial charge on any atom is 0.0361 e. The molecule has 19 heavy (non-hydrogen) atoms. The van der Waals surface area contributed by atoms with Crippen LogP contribution in [0.25, 0.3) is 0 Å². The average Bonchev–Trinajstić information content (AvgIpc) is 2.69. The lowest BCUT2D eigenvalue weighted by Crippen LogP contribution is -2.12. The van der Waals surface area contributed by atoms with Crippen molar-refractivity contribution in [3.63, 3.8) is 0 Å². The standard InChI is InChI=1S/C16H22N2S/c1-12-9-16(19-13(12)2)11-17-10-14-5-7-15(8-6-14)18(3)4/h5-9,17H,10-11H2,1-4H3. The van der Waals surface area contributed by atoms with E-state index in [9.17, 15) is 0 Å². The first kappa shape index (κ1) is 14.1. The van der Waals surface area contributed by atoms with Gasteiger partial charge in [-0.05, 0) is 43.2 Å².